The van der Waals surface area contributed by atoms with Crippen LogP contribution >= 0.6 is 0 Å². The number of benzene rings is 1. The third-order valence-electron chi connectivity index (χ3n) is 3.75. The molecule has 1 aliphatic rings. The van der Waals surface area contributed by atoms with Crippen LogP contribution in [0.15, 0.2) is 30.3 Å². The molecule has 1 heterocycles. The first-order valence-corrected chi connectivity index (χ1v) is 8.13. The normalized spacial score (nSPS) is 18.4. The molecule has 0 radical (unpaired) electrons. The van der Waals surface area contributed by atoms with Crippen molar-refractivity contribution in [2.75, 3.05) is 13.1 Å². The van der Waals surface area contributed by atoms with Crippen LogP contribution in [0.2, 0.25) is 0 Å². The molecule has 1 saturated heterocycles. The van der Waals surface area contributed by atoms with E-state index in [9.17, 15) is 9.59 Å². The van der Waals surface area contributed by atoms with Gasteiger partial charge in [-0.2, -0.15) is 0 Å². The van der Waals surface area contributed by atoms with Gasteiger partial charge in [0.15, 0.2) is 0 Å². The Bertz CT molecular complexity index is 537. The lowest BCUT2D eigenvalue weighted by molar-refractivity contribution is -0.127. The largest absolute Gasteiger partial charge is 0.445 e. The van der Waals surface area contributed by atoms with Gasteiger partial charge in [-0.1, -0.05) is 30.3 Å². The number of likely N-dealkylation sites (tertiary alicyclic amines) is 1. The number of carbonyl (C=O) groups is 2. The number of nitrogens with zero attached hydrogens (tertiary/aromatic N) is 1. The van der Waals surface area contributed by atoms with E-state index in [0.29, 0.717) is 13.1 Å². The van der Waals surface area contributed by atoms with Crippen LogP contribution in [0.25, 0.3) is 0 Å². The molecule has 0 saturated carbocycles. The van der Waals surface area contributed by atoms with E-state index in [2.05, 4.69) is 5.32 Å². The molecule has 1 fully saturated rings. The van der Waals surface area contributed by atoms with Crippen molar-refractivity contribution < 1.29 is 14.3 Å². The number of rotatable bonds is 3. The Morgan fingerprint density at radius 1 is 1.26 bits per heavy atom. The molecule has 0 aliphatic carbocycles. The molecule has 1 aliphatic heterocycles. The van der Waals surface area contributed by atoms with E-state index in [-0.39, 0.29) is 30.1 Å². The minimum Gasteiger partial charge on any atom is -0.445 e. The SMILES string of the molecule is CC(C)(C)NC(=O)C1CCCN(C(=O)OCc2ccccc2)C1. The van der Waals surface area contributed by atoms with Crippen molar-refractivity contribution in [3.8, 4) is 0 Å². The Morgan fingerprint density at radius 2 is 1.96 bits per heavy atom. The standard InChI is InChI=1S/C18H26N2O3/c1-18(2,3)19-16(21)15-10-7-11-20(12-15)17(22)23-13-14-8-5-4-6-9-14/h4-6,8-9,15H,7,10-13H2,1-3H3,(H,19,21). The van der Waals surface area contributed by atoms with Crippen LogP contribution in [0, 0.1) is 5.92 Å². The van der Waals surface area contributed by atoms with Crippen molar-refractivity contribution in [1.29, 1.82) is 0 Å². The number of hydrogen-bond donors (Lipinski definition) is 1. The van der Waals surface area contributed by atoms with Crippen molar-refractivity contribution in [1.82, 2.24) is 10.2 Å². The van der Waals surface area contributed by atoms with Crippen LogP contribution in [0.4, 0.5) is 4.79 Å². The second-order valence-corrected chi connectivity index (χ2v) is 7.06. The van der Waals surface area contributed by atoms with Gasteiger partial charge >= 0.3 is 6.09 Å². The smallest absolute Gasteiger partial charge is 0.410 e. The molecular formula is C18H26N2O3. The number of piperidine rings is 1. The van der Waals surface area contributed by atoms with Gasteiger partial charge in [-0.15, -0.1) is 0 Å². The van der Waals surface area contributed by atoms with E-state index < -0.39 is 0 Å². The Morgan fingerprint density at radius 3 is 2.61 bits per heavy atom. The molecule has 2 amide bonds. The third-order valence-corrected chi connectivity index (χ3v) is 3.75. The van der Waals surface area contributed by atoms with Crippen LogP contribution in [-0.2, 0) is 16.1 Å². The van der Waals surface area contributed by atoms with Crippen LogP contribution in [0.3, 0.4) is 0 Å². The molecule has 1 N–H and O–H groups in total. The average molecular weight is 318 g/mol. The van der Waals surface area contributed by atoms with E-state index >= 15 is 0 Å². The molecule has 5 nitrogen and oxygen atoms in total. The average Bonchev–Trinajstić information content (AvgIpc) is 2.52. The zero-order valence-corrected chi connectivity index (χ0v) is 14.2. The van der Waals surface area contributed by atoms with Crippen LogP contribution in [-0.4, -0.2) is 35.5 Å². The predicted molar refractivity (Wildman–Crippen MR) is 88.8 cm³/mol. The summed E-state index contributed by atoms with van der Waals surface area (Å²) >= 11 is 0. The molecule has 1 atom stereocenters. The first-order valence-electron chi connectivity index (χ1n) is 8.13. The minimum atomic E-state index is -0.345. The first kappa shape index (κ1) is 17.3. The monoisotopic (exact) mass is 318 g/mol. The number of amides is 2. The van der Waals surface area contributed by atoms with Gasteiger partial charge in [-0.05, 0) is 39.2 Å². The number of hydrogen-bond acceptors (Lipinski definition) is 3. The summed E-state index contributed by atoms with van der Waals surface area (Å²) in [5.41, 5.74) is 0.701. The van der Waals surface area contributed by atoms with Crippen molar-refractivity contribution in [2.45, 2.75) is 45.8 Å². The summed E-state index contributed by atoms with van der Waals surface area (Å²) in [6.45, 7) is 7.20. The quantitative estimate of drug-likeness (QED) is 0.932. The highest BCUT2D eigenvalue weighted by Crippen LogP contribution is 2.19. The highest BCUT2D eigenvalue weighted by Gasteiger charge is 2.30. The molecule has 1 aromatic rings. The fraction of sp³-hybridized carbons (Fsp3) is 0.556. The second-order valence-electron chi connectivity index (χ2n) is 7.06. The van der Waals surface area contributed by atoms with Crippen LogP contribution < -0.4 is 5.32 Å². The van der Waals surface area contributed by atoms with Crippen molar-refractivity contribution in [3.63, 3.8) is 0 Å². The van der Waals surface area contributed by atoms with Gasteiger partial charge in [-0.25, -0.2) is 4.79 Å². The number of ether oxygens (including phenoxy) is 1. The van der Waals surface area contributed by atoms with Gasteiger partial charge in [0.25, 0.3) is 0 Å². The zero-order valence-electron chi connectivity index (χ0n) is 14.2. The molecule has 5 heteroatoms. The predicted octanol–water partition coefficient (Wildman–Crippen LogP) is 2.95. The van der Waals surface area contributed by atoms with E-state index in [1.54, 1.807) is 4.90 Å². The van der Waals surface area contributed by atoms with Crippen molar-refractivity contribution in [3.05, 3.63) is 35.9 Å². The number of nitrogens with one attached hydrogen (secondary N) is 1. The van der Waals surface area contributed by atoms with Gasteiger partial charge in [0.1, 0.15) is 6.61 Å². The molecule has 0 spiro atoms. The van der Waals surface area contributed by atoms with Gasteiger partial charge in [0, 0.05) is 18.6 Å². The maximum Gasteiger partial charge on any atom is 0.410 e. The van der Waals surface area contributed by atoms with Crippen LogP contribution in [0.5, 0.6) is 0 Å². The summed E-state index contributed by atoms with van der Waals surface area (Å²) in [6, 6.07) is 9.59. The second kappa shape index (κ2) is 7.49. The topological polar surface area (TPSA) is 58.6 Å². The summed E-state index contributed by atoms with van der Waals surface area (Å²) in [7, 11) is 0. The van der Waals surface area contributed by atoms with Gasteiger partial charge in [0.2, 0.25) is 5.91 Å². The summed E-state index contributed by atoms with van der Waals surface area (Å²) in [5, 5.41) is 2.99. The van der Waals surface area contributed by atoms with E-state index in [1.165, 1.54) is 0 Å². The van der Waals surface area contributed by atoms with Crippen LogP contribution in [0.1, 0.15) is 39.2 Å². The highest BCUT2D eigenvalue weighted by molar-refractivity contribution is 5.80. The molecule has 0 bridgehead atoms. The fourth-order valence-electron chi connectivity index (χ4n) is 2.64. The Labute approximate surface area is 138 Å². The van der Waals surface area contributed by atoms with E-state index in [1.807, 2.05) is 51.1 Å². The van der Waals surface area contributed by atoms with Gasteiger partial charge in [0.05, 0.1) is 5.92 Å². The minimum absolute atomic E-state index is 0.0121. The Kier molecular flexibility index (Phi) is 5.64. The maximum absolute atomic E-state index is 12.3. The first-order chi connectivity index (χ1) is 10.8. The third kappa shape index (κ3) is 5.58. The molecule has 1 unspecified atom stereocenters. The van der Waals surface area contributed by atoms with E-state index in [0.717, 1.165) is 18.4 Å². The summed E-state index contributed by atoms with van der Waals surface area (Å²) < 4.78 is 5.35. The Balaban J connectivity index is 1.85. The fourth-order valence-corrected chi connectivity index (χ4v) is 2.64. The molecule has 2 rings (SSSR count). The lowest BCUT2D eigenvalue weighted by atomic mass is 9.96. The zero-order chi connectivity index (χ0) is 16.9. The van der Waals surface area contributed by atoms with Gasteiger partial charge in [-0.3, -0.25) is 4.79 Å². The molecule has 1 aromatic carbocycles. The lowest BCUT2D eigenvalue weighted by Gasteiger charge is -2.33. The van der Waals surface area contributed by atoms with Crippen molar-refractivity contribution in [2.24, 2.45) is 5.92 Å². The highest BCUT2D eigenvalue weighted by atomic mass is 16.6. The molecule has 126 valence electrons. The summed E-state index contributed by atoms with van der Waals surface area (Å²) in [4.78, 5) is 26.1. The molecule has 23 heavy (non-hydrogen) atoms. The summed E-state index contributed by atoms with van der Waals surface area (Å²) in [6.07, 6.45) is 1.29. The van der Waals surface area contributed by atoms with Gasteiger partial charge < -0.3 is 15.0 Å². The summed E-state index contributed by atoms with van der Waals surface area (Å²) in [5.74, 6) is -0.148. The number of carbonyl (C=O) groups excluding carboxylic acids is 2. The lowest BCUT2D eigenvalue weighted by Crippen LogP contribution is -2.49. The molecule has 0 aromatic heterocycles. The van der Waals surface area contributed by atoms with E-state index in [4.69, 9.17) is 4.74 Å². The Hall–Kier alpha value is -2.04. The van der Waals surface area contributed by atoms with Crippen molar-refractivity contribution >= 4 is 12.0 Å². The molecular weight excluding hydrogens is 292 g/mol. The maximum atomic E-state index is 12.3.